The normalized spacial score (nSPS) is 22.0. The lowest BCUT2D eigenvalue weighted by atomic mass is 9.75. The van der Waals surface area contributed by atoms with Crippen LogP contribution in [0.2, 0.25) is 0 Å². The highest BCUT2D eigenvalue weighted by Gasteiger charge is 2.42. The van der Waals surface area contributed by atoms with E-state index in [1.54, 1.807) is 0 Å². The SMILES string of the molecule is Fc1cc(OC(F)(F)c2c(F)cc(C3CCC(CC4CCCC4)CC3)cc2F)cc(F)c1F. The quantitative estimate of drug-likeness (QED) is 0.302. The van der Waals surface area contributed by atoms with Crippen molar-refractivity contribution in [3.05, 3.63) is 64.5 Å². The molecule has 0 aromatic heterocycles. The van der Waals surface area contributed by atoms with E-state index in [0.717, 1.165) is 43.7 Å². The standard InChI is InChI=1S/C25H25F7O/c26-19-10-17(16-7-5-15(6-8-16)9-14-3-1-2-4-14)11-20(27)23(19)25(31,32)33-18-12-21(28)24(30)22(29)13-18/h10-16H,1-9H2. The molecule has 2 fully saturated rings. The van der Waals surface area contributed by atoms with Gasteiger partial charge in [-0.25, -0.2) is 22.0 Å². The Morgan fingerprint density at radius 3 is 1.76 bits per heavy atom. The lowest BCUT2D eigenvalue weighted by Gasteiger charge is -2.30. The Kier molecular flexibility index (Phi) is 6.91. The maximum absolute atomic E-state index is 14.6. The van der Waals surface area contributed by atoms with Gasteiger partial charge in [0.25, 0.3) is 0 Å². The van der Waals surface area contributed by atoms with Gasteiger partial charge in [0, 0.05) is 12.1 Å². The minimum Gasteiger partial charge on any atom is -0.429 e. The summed E-state index contributed by atoms with van der Waals surface area (Å²) in [5.74, 6) is -8.28. The smallest absolute Gasteiger partial charge is 0.429 e. The van der Waals surface area contributed by atoms with E-state index in [-0.39, 0.29) is 18.1 Å². The molecule has 0 bridgehead atoms. The molecule has 4 rings (SSSR count). The van der Waals surface area contributed by atoms with Crippen molar-refractivity contribution in [3.8, 4) is 5.75 Å². The maximum Gasteiger partial charge on any atom is 0.432 e. The number of halogens is 7. The summed E-state index contributed by atoms with van der Waals surface area (Å²) in [5.41, 5.74) is -1.35. The summed E-state index contributed by atoms with van der Waals surface area (Å²) in [6, 6.07) is 2.12. The molecular formula is C25H25F7O. The van der Waals surface area contributed by atoms with Gasteiger partial charge in [0.15, 0.2) is 17.5 Å². The zero-order chi connectivity index (χ0) is 23.8. The van der Waals surface area contributed by atoms with E-state index in [1.807, 2.05) is 0 Å². The summed E-state index contributed by atoms with van der Waals surface area (Å²) < 4.78 is 102. The fourth-order valence-electron chi connectivity index (χ4n) is 5.35. The topological polar surface area (TPSA) is 9.23 Å². The average molecular weight is 474 g/mol. The molecule has 0 radical (unpaired) electrons. The number of hydrogen-bond acceptors (Lipinski definition) is 1. The van der Waals surface area contributed by atoms with Gasteiger partial charge in [0.2, 0.25) is 0 Å². The minimum absolute atomic E-state index is 0.127. The first-order chi connectivity index (χ1) is 15.6. The number of ether oxygens (including phenoxy) is 1. The summed E-state index contributed by atoms with van der Waals surface area (Å²) in [5, 5.41) is 0. The van der Waals surface area contributed by atoms with E-state index in [0.29, 0.717) is 11.5 Å². The van der Waals surface area contributed by atoms with E-state index in [2.05, 4.69) is 4.74 Å². The van der Waals surface area contributed by atoms with Crippen molar-refractivity contribution in [1.82, 2.24) is 0 Å². The Balaban J connectivity index is 1.46. The Hall–Kier alpha value is -2.25. The molecule has 2 aliphatic carbocycles. The van der Waals surface area contributed by atoms with Gasteiger partial charge < -0.3 is 4.74 Å². The molecule has 180 valence electrons. The molecular weight excluding hydrogens is 449 g/mol. The van der Waals surface area contributed by atoms with Gasteiger partial charge in [0.05, 0.1) is 0 Å². The zero-order valence-corrected chi connectivity index (χ0v) is 18.0. The van der Waals surface area contributed by atoms with Gasteiger partial charge in [-0.1, -0.05) is 25.7 Å². The second-order valence-corrected chi connectivity index (χ2v) is 9.28. The van der Waals surface area contributed by atoms with E-state index in [9.17, 15) is 30.7 Å². The highest BCUT2D eigenvalue weighted by Crippen LogP contribution is 2.43. The third kappa shape index (κ3) is 5.30. The van der Waals surface area contributed by atoms with Crippen molar-refractivity contribution < 1.29 is 35.5 Å². The molecule has 0 aliphatic heterocycles. The van der Waals surface area contributed by atoms with E-state index < -0.39 is 46.5 Å². The largest absolute Gasteiger partial charge is 0.432 e. The van der Waals surface area contributed by atoms with Crippen molar-refractivity contribution in [2.45, 2.75) is 69.8 Å². The van der Waals surface area contributed by atoms with Gasteiger partial charge in [-0.3, -0.25) is 0 Å². The predicted molar refractivity (Wildman–Crippen MR) is 108 cm³/mol. The number of benzene rings is 2. The van der Waals surface area contributed by atoms with Crippen molar-refractivity contribution in [1.29, 1.82) is 0 Å². The van der Waals surface area contributed by atoms with Crippen LogP contribution in [-0.2, 0) is 6.11 Å². The van der Waals surface area contributed by atoms with Crippen molar-refractivity contribution in [2.75, 3.05) is 0 Å². The van der Waals surface area contributed by atoms with Gasteiger partial charge in [-0.05, 0) is 67.6 Å². The molecule has 8 heteroatoms. The minimum atomic E-state index is -4.57. The first-order valence-corrected chi connectivity index (χ1v) is 11.3. The molecule has 0 N–H and O–H groups in total. The average Bonchev–Trinajstić information content (AvgIpc) is 3.24. The fraction of sp³-hybridized carbons (Fsp3) is 0.520. The van der Waals surface area contributed by atoms with Crippen LogP contribution in [0.3, 0.4) is 0 Å². The van der Waals surface area contributed by atoms with E-state index in [1.165, 1.54) is 32.1 Å². The third-order valence-electron chi connectivity index (χ3n) is 7.02. The van der Waals surface area contributed by atoms with E-state index in [4.69, 9.17) is 0 Å². The van der Waals surface area contributed by atoms with Gasteiger partial charge in [-0.2, -0.15) is 8.78 Å². The number of rotatable bonds is 6. The number of alkyl halides is 2. The molecule has 2 aromatic rings. The van der Waals surface area contributed by atoms with Crippen LogP contribution in [0.1, 0.15) is 74.8 Å². The first-order valence-electron chi connectivity index (χ1n) is 11.3. The van der Waals surface area contributed by atoms with Gasteiger partial charge in [-0.15, -0.1) is 0 Å². The van der Waals surface area contributed by atoms with Crippen molar-refractivity contribution in [3.63, 3.8) is 0 Å². The monoisotopic (exact) mass is 474 g/mol. The fourth-order valence-corrected chi connectivity index (χ4v) is 5.35. The molecule has 0 spiro atoms. The molecule has 2 saturated carbocycles. The molecule has 0 amide bonds. The Morgan fingerprint density at radius 2 is 1.21 bits per heavy atom. The molecule has 33 heavy (non-hydrogen) atoms. The lowest BCUT2D eigenvalue weighted by molar-refractivity contribution is -0.189. The first kappa shape index (κ1) is 23.9. The summed E-state index contributed by atoms with van der Waals surface area (Å²) in [7, 11) is 0. The van der Waals surface area contributed by atoms with Crippen LogP contribution in [0, 0.1) is 40.9 Å². The summed E-state index contributed by atoms with van der Waals surface area (Å²) >= 11 is 0. The summed E-state index contributed by atoms with van der Waals surface area (Å²) in [6.07, 6.45) is 5.06. The van der Waals surface area contributed by atoms with E-state index >= 15 is 0 Å². The van der Waals surface area contributed by atoms with Crippen LogP contribution < -0.4 is 4.74 Å². The van der Waals surface area contributed by atoms with Gasteiger partial charge in [0.1, 0.15) is 22.9 Å². The Morgan fingerprint density at radius 1 is 0.697 bits per heavy atom. The van der Waals surface area contributed by atoms with Crippen LogP contribution in [0.4, 0.5) is 30.7 Å². The lowest BCUT2D eigenvalue weighted by Crippen LogP contribution is -2.26. The van der Waals surface area contributed by atoms with Crippen LogP contribution >= 0.6 is 0 Å². The summed E-state index contributed by atoms with van der Waals surface area (Å²) in [6.45, 7) is 0. The molecule has 2 aromatic carbocycles. The highest BCUT2D eigenvalue weighted by molar-refractivity contribution is 5.33. The zero-order valence-electron chi connectivity index (χ0n) is 18.0. The molecule has 0 unspecified atom stereocenters. The van der Waals surface area contributed by atoms with Crippen LogP contribution in [0.15, 0.2) is 24.3 Å². The van der Waals surface area contributed by atoms with Crippen LogP contribution in [0.5, 0.6) is 5.75 Å². The second kappa shape index (κ2) is 9.55. The molecule has 2 aliphatic rings. The second-order valence-electron chi connectivity index (χ2n) is 9.28. The van der Waals surface area contributed by atoms with Crippen molar-refractivity contribution in [2.24, 2.45) is 11.8 Å². The van der Waals surface area contributed by atoms with Crippen LogP contribution in [0.25, 0.3) is 0 Å². The molecule has 0 heterocycles. The van der Waals surface area contributed by atoms with Crippen LogP contribution in [-0.4, -0.2) is 0 Å². The molecule has 0 saturated heterocycles. The molecule has 1 nitrogen and oxygen atoms in total. The van der Waals surface area contributed by atoms with Gasteiger partial charge >= 0.3 is 6.11 Å². The Labute approximate surface area is 187 Å². The summed E-state index contributed by atoms with van der Waals surface area (Å²) in [4.78, 5) is 0. The number of hydrogen-bond donors (Lipinski definition) is 0. The highest BCUT2D eigenvalue weighted by atomic mass is 19.3. The predicted octanol–water partition coefficient (Wildman–Crippen LogP) is 8.36. The third-order valence-corrected chi connectivity index (χ3v) is 7.02. The van der Waals surface area contributed by atoms with Crippen molar-refractivity contribution >= 4 is 0 Å². The Bertz CT molecular complexity index is 946. The maximum atomic E-state index is 14.6. The molecule has 0 atom stereocenters.